The van der Waals surface area contributed by atoms with Crippen molar-refractivity contribution in [3.63, 3.8) is 0 Å². The Labute approximate surface area is 174 Å². The monoisotopic (exact) mass is 458 g/mol. The molecule has 0 fully saturated rings. The Morgan fingerprint density at radius 2 is 1.90 bits per heavy atom. The number of para-hydroxylation sites is 2. The predicted molar refractivity (Wildman–Crippen MR) is 108 cm³/mol. The van der Waals surface area contributed by atoms with Crippen molar-refractivity contribution in [2.45, 2.75) is 31.6 Å². The molecule has 1 atom stereocenters. The molecule has 0 radical (unpaired) electrons. The standard InChI is InChI=1S/C21H16BrFN2O4/c22-12-8-9-15(23)13(10-12)14-11-20(27)24(18-6-3-7-19(26)21(14)18)16-4-1-2-5-17(16)25(28)29/h1-2,4-5,8-10,14H,3,6-7,11H2. The molecule has 29 heavy (non-hydrogen) atoms. The van der Waals surface area contributed by atoms with E-state index >= 15 is 0 Å². The van der Waals surface area contributed by atoms with Crippen LogP contribution in [0.4, 0.5) is 15.8 Å². The van der Waals surface area contributed by atoms with Crippen LogP contribution in [0.3, 0.4) is 0 Å². The van der Waals surface area contributed by atoms with Gasteiger partial charge in [0, 0.05) is 40.6 Å². The van der Waals surface area contributed by atoms with Gasteiger partial charge in [0.1, 0.15) is 11.5 Å². The van der Waals surface area contributed by atoms with Gasteiger partial charge in [0.05, 0.1) is 4.92 Å². The largest absolute Gasteiger partial charge is 0.294 e. The van der Waals surface area contributed by atoms with Gasteiger partial charge < -0.3 is 0 Å². The van der Waals surface area contributed by atoms with Crippen molar-refractivity contribution in [3.05, 3.63) is 79.7 Å². The van der Waals surface area contributed by atoms with Crippen LogP contribution in [-0.2, 0) is 9.59 Å². The van der Waals surface area contributed by atoms with Gasteiger partial charge in [-0.2, -0.15) is 0 Å². The van der Waals surface area contributed by atoms with Crippen LogP contribution in [0.5, 0.6) is 0 Å². The number of carbonyl (C=O) groups excluding carboxylic acids is 2. The molecular formula is C21H16BrFN2O4. The Kier molecular flexibility index (Phi) is 5.04. The summed E-state index contributed by atoms with van der Waals surface area (Å²) in [5.74, 6) is -1.74. The number of hydrogen-bond acceptors (Lipinski definition) is 4. The van der Waals surface area contributed by atoms with Crippen LogP contribution in [0.15, 0.2) is 58.2 Å². The van der Waals surface area contributed by atoms with Crippen molar-refractivity contribution in [2.75, 3.05) is 4.90 Å². The van der Waals surface area contributed by atoms with E-state index in [0.29, 0.717) is 35.0 Å². The normalized spacial score (nSPS) is 19.4. The lowest BCUT2D eigenvalue weighted by Crippen LogP contribution is -2.41. The van der Waals surface area contributed by atoms with Gasteiger partial charge in [-0.15, -0.1) is 0 Å². The molecule has 4 rings (SSSR count). The number of nitro benzene ring substituents is 1. The van der Waals surface area contributed by atoms with Gasteiger partial charge in [0.15, 0.2) is 5.78 Å². The number of hydrogen-bond donors (Lipinski definition) is 0. The molecule has 8 heteroatoms. The third-order valence-corrected chi connectivity index (χ3v) is 5.82. The van der Waals surface area contributed by atoms with E-state index in [0.717, 1.165) is 0 Å². The van der Waals surface area contributed by atoms with E-state index in [4.69, 9.17) is 0 Å². The number of ketones is 1. The van der Waals surface area contributed by atoms with Crippen LogP contribution in [-0.4, -0.2) is 16.6 Å². The summed E-state index contributed by atoms with van der Waals surface area (Å²) in [6.07, 6.45) is 1.13. The first-order valence-corrected chi connectivity index (χ1v) is 9.95. The maximum atomic E-state index is 14.6. The summed E-state index contributed by atoms with van der Waals surface area (Å²) in [6.45, 7) is 0. The highest BCUT2D eigenvalue weighted by atomic mass is 79.9. The molecule has 0 saturated heterocycles. The summed E-state index contributed by atoms with van der Waals surface area (Å²) < 4.78 is 15.2. The molecule has 0 N–H and O–H groups in total. The molecule has 1 heterocycles. The van der Waals surface area contributed by atoms with E-state index in [2.05, 4.69) is 15.9 Å². The number of halogens is 2. The smallest absolute Gasteiger partial charge is 0.293 e. The molecule has 0 aromatic heterocycles. The lowest BCUT2D eigenvalue weighted by Gasteiger charge is -2.38. The molecule has 1 unspecified atom stereocenters. The predicted octanol–water partition coefficient (Wildman–Crippen LogP) is 5.02. The minimum atomic E-state index is -0.707. The molecule has 1 amide bonds. The third-order valence-electron chi connectivity index (χ3n) is 5.33. The number of nitrogens with zero attached hydrogens (tertiary/aromatic N) is 2. The minimum Gasteiger partial charge on any atom is -0.294 e. The molecule has 0 saturated carbocycles. The van der Waals surface area contributed by atoms with Crippen molar-refractivity contribution in [1.29, 1.82) is 0 Å². The molecule has 6 nitrogen and oxygen atoms in total. The fraction of sp³-hybridized carbons (Fsp3) is 0.238. The Bertz CT molecular complexity index is 1080. The zero-order valence-corrected chi connectivity index (χ0v) is 16.8. The van der Waals surface area contributed by atoms with Crippen molar-refractivity contribution >= 4 is 39.0 Å². The average Bonchev–Trinajstić information content (AvgIpc) is 2.69. The van der Waals surface area contributed by atoms with E-state index < -0.39 is 22.6 Å². The summed E-state index contributed by atoms with van der Waals surface area (Å²) >= 11 is 3.32. The summed E-state index contributed by atoms with van der Waals surface area (Å²) in [7, 11) is 0. The molecule has 0 bridgehead atoms. The van der Waals surface area contributed by atoms with Crippen LogP contribution in [0.1, 0.15) is 37.2 Å². The number of nitro groups is 1. The van der Waals surface area contributed by atoms with Gasteiger partial charge in [0.25, 0.3) is 5.69 Å². The molecule has 2 aliphatic rings. The van der Waals surface area contributed by atoms with E-state index in [9.17, 15) is 24.1 Å². The number of benzene rings is 2. The maximum Gasteiger partial charge on any atom is 0.293 e. The lowest BCUT2D eigenvalue weighted by atomic mass is 9.77. The summed E-state index contributed by atoms with van der Waals surface area (Å²) in [5, 5.41) is 11.5. The first kappa shape index (κ1) is 19.4. The van der Waals surface area contributed by atoms with Crippen molar-refractivity contribution in [2.24, 2.45) is 0 Å². The van der Waals surface area contributed by atoms with Gasteiger partial charge >= 0.3 is 0 Å². The fourth-order valence-electron chi connectivity index (χ4n) is 4.13. The summed E-state index contributed by atoms with van der Waals surface area (Å²) in [6, 6.07) is 10.4. The Morgan fingerprint density at radius 3 is 2.66 bits per heavy atom. The molecule has 2 aromatic rings. The molecule has 0 spiro atoms. The Morgan fingerprint density at radius 1 is 1.14 bits per heavy atom. The van der Waals surface area contributed by atoms with Crippen LogP contribution in [0.2, 0.25) is 0 Å². The van der Waals surface area contributed by atoms with E-state index in [1.807, 2.05) is 0 Å². The van der Waals surface area contributed by atoms with Crippen molar-refractivity contribution in [1.82, 2.24) is 0 Å². The number of carbonyl (C=O) groups is 2. The summed E-state index contributed by atoms with van der Waals surface area (Å²) in [5.41, 5.74) is 1.02. The zero-order valence-electron chi connectivity index (χ0n) is 15.2. The lowest BCUT2D eigenvalue weighted by molar-refractivity contribution is -0.384. The van der Waals surface area contributed by atoms with Crippen molar-refractivity contribution in [3.8, 4) is 0 Å². The second-order valence-corrected chi connectivity index (χ2v) is 7.95. The van der Waals surface area contributed by atoms with Crippen LogP contribution in [0, 0.1) is 15.9 Å². The second-order valence-electron chi connectivity index (χ2n) is 7.03. The van der Waals surface area contributed by atoms with Gasteiger partial charge in [0.2, 0.25) is 5.91 Å². The molecule has 1 aliphatic heterocycles. The third kappa shape index (κ3) is 3.37. The van der Waals surface area contributed by atoms with E-state index in [1.54, 1.807) is 18.2 Å². The topological polar surface area (TPSA) is 80.5 Å². The molecule has 2 aromatic carbocycles. The minimum absolute atomic E-state index is 0.135. The van der Waals surface area contributed by atoms with Crippen LogP contribution >= 0.6 is 15.9 Å². The molecular weight excluding hydrogens is 443 g/mol. The fourth-order valence-corrected chi connectivity index (χ4v) is 4.51. The highest BCUT2D eigenvalue weighted by molar-refractivity contribution is 9.10. The Balaban J connectivity index is 1.93. The SMILES string of the molecule is O=C1CCCC2=C1C(c1cc(Br)ccc1F)CC(=O)N2c1ccccc1[N+](=O)[O-]. The Hall–Kier alpha value is -2.87. The van der Waals surface area contributed by atoms with Gasteiger partial charge in [-0.3, -0.25) is 24.6 Å². The van der Waals surface area contributed by atoms with Gasteiger partial charge in [-0.1, -0.05) is 28.1 Å². The number of allylic oxidation sites excluding steroid dienone is 2. The molecule has 148 valence electrons. The number of amides is 1. The number of rotatable bonds is 3. The highest BCUT2D eigenvalue weighted by Crippen LogP contribution is 2.45. The molecule has 1 aliphatic carbocycles. The van der Waals surface area contributed by atoms with Gasteiger partial charge in [-0.05, 0) is 42.7 Å². The zero-order chi connectivity index (χ0) is 20.7. The van der Waals surface area contributed by atoms with Crippen molar-refractivity contribution < 1.29 is 18.9 Å². The van der Waals surface area contributed by atoms with Crippen LogP contribution in [0.25, 0.3) is 0 Å². The maximum absolute atomic E-state index is 14.6. The first-order valence-electron chi connectivity index (χ1n) is 9.16. The summed E-state index contributed by atoms with van der Waals surface area (Å²) in [4.78, 5) is 38.2. The number of Topliss-reactive ketones (excluding diaryl/α,β-unsaturated/α-hetero) is 1. The second kappa shape index (κ2) is 7.51. The van der Waals surface area contributed by atoms with Crippen LogP contribution < -0.4 is 4.90 Å². The average molecular weight is 459 g/mol. The highest BCUT2D eigenvalue weighted by Gasteiger charge is 2.42. The first-order chi connectivity index (χ1) is 13.9. The van der Waals surface area contributed by atoms with E-state index in [1.165, 1.54) is 29.2 Å². The quantitative estimate of drug-likeness (QED) is 0.477. The van der Waals surface area contributed by atoms with Gasteiger partial charge in [-0.25, -0.2) is 4.39 Å². The number of anilines is 1. The van der Waals surface area contributed by atoms with E-state index in [-0.39, 0.29) is 29.1 Å².